The van der Waals surface area contributed by atoms with Crippen molar-refractivity contribution in [3.63, 3.8) is 0 Å². The van der Waals surface area contributed by atoms with E-state index in [-0.39, 0.29) is 11.3 Å². The lowest BCUT2D eigenvalue weighted by Gasteiger charge is -2.10. The van der Waals surface area contributed by atoms with Gasteiger partial charge in [-0.3, -0.25) is 0 Å². The Labute approximate surface area is 181 Å². The van der Waals surface area contributed by atoms with Gasteiger partial charge in [-0.1, -0.05) is 43.7 Å². The number of para-hydroxylation sites is 1. The highest BCUT2D eigenvalue weighted by atomic mass is 16.5. The number of nitrogens with zero attached hydrogens (tertiary/aromatic N) is 2. The van der Waals surface area contributed by atoms with Crippen molar-refractivity contribution in [1.82, 2.24) is 9.78 Å². The van der Waals surface area contributed by atoms with Gasteiger partial charge in [0.2, 0.25) is 0 Å². The van der Waals surface area contributed by atoms with Gasteiger partial charge in [0.25, 0.3) is 0 Å². The summed E-state index contributed by atoms with van der Waals surface area (Å²) in [7, 11) is 2.53. The Morgan fingerprint density at radius 1 is 1.00 bits per heavy atom. The number of esters is 2. The molecular weight excluding hydrogens is 396 g/mol. The molecule has 0 saturated carbocycles. The van der Waals surface area contributed by atoms with Crippen LogP contribution in [0.5, 0.6) is 5.75 Å². The minimum absolute atomic E-state index is 0.00424. The van der Waals surface area contributed by atoms with E-state index in [1.165, 1.54) is 18.9 Å². The van der Waals surface area contributed by atoms with Gasteiger partial charge in [0.15, 0.2) is 5.69 Å². The summed E-state index contributed by atoms with van der Waals surface area (Å²) in [4.78, 5) is 25.4. The number of hydrogen-bond acceptors (Lipinski definition) is 6. The van der Waals surface area contributed by atoms with E-state index in [0.717, 1.165) is 18.4 Å². The molecule has 3 rings (SSSR count). The molecule has 0 amide bonds. The number of hydrogen-bond donors (Lipinski definition) is 0. The minimum Gasteiger partial charge on any atom is -0.493 e. The van der Waals surface area contributed by atoms with Gasteiger partial charge in [-0.15, -0.1) is 0 Å². The van der Waals surface area contributed by atoms with Crippen LogP contribution in [0.15, 0.2) is 48.5 Å². The number of unbranched alkanes of at least 4 members (excludes halogenated alkanes) is 1. The number of benzene rings is 2. The minimum atomic E-state index is -0.686. The molecule has 0 bridgehead atoms. The van der Waals surface area contributed by atoms with E-state index >= 15 is 0 Å². The van der Waals surface area contributed by atoms with E-state index in [2.05, 4.69) is 12.0 Å². The first kappa shape index (κ1) is 22.1. The highest BCUT2D eigenvalue weighted by molar-refractivity contribution is 6.06. The molecule has 0 aliphatic heterocycles. The standard InChI is InChI=1S/C24H26N2O5/c1-5-6-14-31-19-15-17(13-12-16(19)2)21-20(23(27)29-3)22(24(28)30-4)26(25-21)18-10-8-7-9-11-18/h7-13,15H,5-6,14H2,1-4H3. The van der Waals surface area contributed by atoms with Crippen molar-refractivity contribution in [2.45, 2.75) is 26.7 Å². The van der Waals surface area contributed by atoms with E-state index in [1.807, 2.05) is 43.3 Å². The number of rotatable bonds is 8. The van der Waals surface area contributed by atoms with Crippen molar-refractivity contribution in [2.75, 3.05) is 20.8 Å². The molecule has 162 valence electrons. The molecule has 0 atom stereocenters. The summed E-state index contributed by atoms with van der Waals surface area (Å²) in [5.74, 6) is -0.656. The van der Waals surface area contributed by atoms with E-state index in [4.69, 9.17) is 14.2 Å². The normalized spacial score (nSPS) is 10.6. The van der Waals surface area contributed by atoms with Crippen molar-refractivity contribution < 1.29 is 23.8 Å². The fourth-order valence-corrected chi connectivity index (χ4v) is 3.19. The lowest BCUT2D eigenvalue weighted by atomic mass is 10.0. The SMILES string of the molecule is CCCCOc1cc(-c2nn(-c3ccccc3)c(C(=O)OC)c2C(=O)OC)ccc1C. The smallest absolute Gasteiger partial charge is 0.357 e. The molecule has 0 unspecified atom stereocenters. The van der Waals surface area contributed by atoms with Crippen LogP contribution in [0.4, 0.5) is 0 Å². The molecule has 0 aliphatic carbocycles. The lowest BCUT2D eigenvalue weighted by Crippen LogP contribution is -2.15. The molecule has 0 saturated heterocycles. The fraction of sp³-hybridized carbons (Fsp3) is 0.292. The molecule has 1 aromatic heterocycles. The van der Waals surface area contributed by atoms with Gasteiger partial charge in [-0.05, 0) is 37.1 Å². The summed E-state index contributed by atoms with van der Waals surface area (Å²) in [5, 5.41) is 4.62. The van der Waals surface area contributed by atoms with Crippen molar-refractivity contribution in [3.05, 3.63) is 65.4 Å². The Hall–Kier alpha value is -3.61. The second-order valence-electron chi connectivity index (χ2n) is 6.99. The van der Waals surface area contributed by atoms with Crippen LogP contribution in [0.25, 0.3) is 16.9 Å². The van der Waals surface area contributed by atoms with Crippen molar-refractivity contribution in [2.24, 2.45) is 0 Å². The average molecular weight is 422 g/mol. The van der Waals surface area contributed by atoms with Gasteiger partial charge in [0, 0.05) is 5.56 Å². The number of ether oxygens (including phenoxy) is 3. The Morgan fingerprint density at radius 2 is 1.71 bits per heavy atom. The number of methoxy groups -OCH3 is 2. The predicted molar refractivity (Wildman–Crippen MR) is 117 cm³/mol. The maximum absolute atomic E-state index is 12.7. The molecule has 0 N–H and O–H groups in total. The molecule has 0 spiro atoms. The van der Waals surface area contributed by atoms with E-state index < -0.39 is 11.9 Å². The second-order valence-corrected chi connectivity index (χ2v) is 6.99. The van der Waals surface area contributed by atoms with Gasteiger partial charge in [0.05, 0.1) is 26.5 Å². The molecule has 0 radical (unpaired) electrons. The summed E-state index contributed by atoms with van der Waals surface area (Å²) >= 11 is 0. The molecule has 3 aromatic rings. The van der Waals surface area contributed by atoms with Crippen molar-refractivity contribution >= 4 is 11.9 Å². The summed E-state index contributed by atoms with van der Waals surface area (Å²) in [5.41, 5.74) is 2.58. The maximum Gasteiger partial charge on any atom is 0.357 e. The second kappa shape index (κ2) is 9.93. The molecule has 7 nitrogen and oxygen atoms in total. The molecule has 0 fully saturated rings. The summed E-state index contributed by atoms with van der Waals surface area (Å²) < 4.78 is 17.3. The Morgan fingerprint density at radius 3 is 2.35 bits per heavy atom. The van der Waals surface area contributed by atoms with Gasteiger partial charge < -0.3 is 14.2 Å². The molecule has 7 heteroatoms. The highest BCUT2D eigenvalue weighted by Gasteiger charge is 2.31. The van der Waals surface area contributed by atoms with E-state index in [9.17, 15) is 9.59 Å². The van der Waals surface area contributed by atoms with Crippen LogP contribution in [-0.2, 0) is 9.47 Å². The van der Waals surface area contributed by atoms with Crippen LogP contribution in [0.1, 0.15) is 46.2 Å². The maximum atomic E-state index is 12.7. The van der Waals surface area contributed by atoms with Crippen molar-refractivity contribution in [1.29, 1.82) is 0 Å². The Kier molecular flexibility index (Phi) is 7.07. The largest absolute Gasteiger partial charge is 0.493 e. The predicted octanol–water partition coefficient (Wildman–Crippen LogP) is 4.60. The molecular formula is C24H26N2O5. The third kappa shape index (κ3) is 4.60. The summed E-state index contributed by atoms with van der Waals surface area (Å²) in [6.45, 7) is 4.64. The molecule has 2 aromatic carbocycles. The van der Waals surface area contributed by atoms with Crippen LogP contribution in [0.2, 0.25) is 0 Å². The first-order valence-corrected chi connectivity index (χ1v) is 10.1. The van der Waals surface area contributed by atoms with E-state index in [0.29, 0.717) is 29.3 Å². The van der Waals surface area contributed by atoms with E-state index in [1.54, 1.807) is 12.1 Å². The summed E-state index contributed by atoms with van der Waals surface area (Å²) in [6, 6.07) is 14.6. The van der Waals surface area contributed by atoms with Crippen LogP contribution in [0, 0.1) is 6.92 Å². The lowest BCUT2D eigenvalue weighted by molar-refractivity contribution is 0.0549. The van der Waals surface area contributed by atoms with Crippen LogP contribution in [0.3, 0.4) is 0 Å². The zero-order valence-corrected chi connectivity index (χ0v) is 18.2. The first-order valence-electron chi connectivity index (χ1n) is 10.1. The fourth-order valence-electron chi connectivity index (χ4n) is 3.19. The third-order valence-electron chi connectivity index (χ3n) is 4.87. The average Bonchev–Trinajstić information content (AvgIpc) is 3.20. The number of aromatic nitrogens is 2. The van der Waals surface area contributed by atoms with Crippen LogP contribution >= 0.6 is 0 Å². The third-order valence-corrected chi connectivity index (χ3v) is 4.87. The van der Waals surface area contributed by atoms with Gasteiger partial charge in [-0.2, -0.15) is 5.10 Å². The molecule has 31 heavy (non-hydrogen) atoms. The number of carbonyl (C=O) groups excluding carboxylic acids is 2. The quantitative estimate of drug-likeness (QED) is 0.390. The van der Waals surface area contributed by atoms with Gasteiger partial charge in [0.1, 0.15) is 17.0 Å². The zero-order valence-electron chi connectivity index (χ0n) is 18.2. The number of carbonyl (C=O) groups is 2. The highest BCUT2D eigenvalue weighted by Crippen LogP contribution is 2.32. The zero-order chi connectivity index (χ0) is 22.4. The van der Waals surface area contributed by atoms with Crippen LogP contribution in [-0.4, -0.2) is 42.5 Å². The Bertz CT molecular complexity index is 1070. The Balaban J connectivity index is 2.23. The molecule has 0 aliphatic rings. The van der Waals surface area contributed by atoms with Gasteiger partial charge in [-0.25, -0.2) is 14.3 Å². The summed E-state index contributed by atoms with van der Waals surface area (Å²) in [6.07, 6.45) is 1.96. The topological polar surface area (TPSA) is 79.7 Å². The molecule has 1 heterocycles. The van der Waals surface area contributed by atoms with Gasteiger partial charge >= 0.3 is 11.9 Å². The van der Waals surface area contributed by atoms with Crippen molar-refractivity contribution in [3.8, 4) is 22.7 Å². The number of aryl methyl sites for hydroxylation is 1. The monoisotopic (exact) mass is 422 g/mol. The first-order chi connectivity index (χ1) is 15.0. The van der Waals surface area contributed by atoms with Crippen LogP contribution < -0.4 is 4.74 Å².